The highest BCUT2D eigenvalue weighted by molar-refractivity contribution is 6.32. The van der Waals surface area contributed by atoms with Gasteiger partial charge in [0.1, 0.15) is 11.4 Å². The highest BCUT2D eigenvalue weighted by Gasteiger charge is 2.31. The quantitative estimate of drug-likeness (QED) is 0.779. The number of ether oxygens (including phenoxy) is 2. The van der Waals surface area contributed by atoms with Crippen LogP contribution in [0, 0.1) is 0 Å². The fourth-order valence-electron chi connectivity index (χ4n) is 1.82. The van der Waals surface area contributed by atoms with Gasteiger partial charge in [0.2, 0.25) is 0 Å². The Morgan fingerprint density at radius 2 is 2.05 bits per heavy atom. The fraction of sp³-hybridized carbons (Fsp3) is 0.562. The van der Waals surface area contributed by atoms with E-state index in [1.807, 2.05) is 20.8 Å². The van der Waals surface area contributed by atoms with Crippen molar-refractivity contribution in [2.75, 3.05) is 18.5 Å². The average Bonchev–Trinajstić information content (AvgIpc) is 2.46. The summed E-state index contributed by atoms with van der Waals surface area (Å²) in [7, 11) is 0. The summed E-state index contributed by atoms with van der Waals surface area (Å²) in [6.45, 7) is 8.71. The van der Waals surface area contributed by atoms with E-state index in [0.717, 1.165) is 6.42 Å². The second kappa shape index (κ2) is 8.25. The fourth-order valence-corrected chi connectivity index (χ4v) is 2.05. The van der Waals surface area contributed by atoms with Crippen molar-refractivity contribution in [2.45, 2.75) is 46.1 Å². The second-order valence-corrected chi connectivity index (χ2v) is 5.37. The lowest BCUT2D eigenvalue weighted by atomic mass is 10.0. The van der Waals surface area contributed by atoms with Crippen molar-refractivity contribution in [3.05, 3.63) is 23.2 Å². The molecule has 0 aliphatic rings. The Bertz CT molecular complexity index is 479. The van der Waals surface area contributed by atoms with Crippen LogP contribution in [0.1, 0.15) is 40.5 Å². The molecule has 1 atom stereocenters. The van der Waals surface area contributed by atoms with Gasteiger partial charge in [-0.1, -0.05) is 25.4 Å². The molecule has 1 aromatic carbocycles. The molecule has 0 heterocycles. The van der Waals surface area contributed by atoms with Crippen molar-refractivity contribution in [3.63, 3.8) is 0 Å². The first-order valence-corrected chi connectivity index (χ1v) is 7.72. The summed E-state index contributed by atoms with van der Waals surface area (Å²) in [5, 5.41) is 3.32. The van der Waals surface area contributed by atoms with E-state index in [2.05, 4.69) is 5.32 Å². The number of amides is 1. The van der Waals surface area contributed by atoms with Gasteiger partial charge in [-0.2, -0.15) is 0 Å². The van der Waals surface area contributed by atoms with Crippen LogP contribution in [0.4, 0.5) is 5.69 Å². The van der Waals surface area contributed by atoms with Crippen LogP contribution in [0.15, 0.2) is 18.2 Å². The van der Waals surface area contributed by atoms with Crippen LogP contribution in [0.3, 0.4) is 0 Å². The van der Waals surface area contributed by atoms with Gasteiger partial charge in [-0.05, 0) is 44.9 Å². The lowest BCUT2D eigenvalue weighted by molar-refractivity contribution is -0.139. The first-order chi connectivity index (χ1) is 9.96. The number of anilines is 1. The van der Waals surface area contributed by atoms with E-state index in [1.165, 1.54) is 0 Å². The van der Waals surface area contributed by atoms with E-state index in [0.29, 0.717) is 36.1 Å². The summed E-state index contributed by atoms with van der Waals surface area (Å²) in [6.07, 6.45) is 1.51. The number of carbonyl (C=O) groups excluding carboxylic acids is 1. The molecule has 0 bridgehead atoms. The minimum absolute atomic E-state index is 0.176. The predicted octanol–water partition coefficient (Wildman–Crippen LogP) is 4.27. The average molecular weight is 314 g/mol. The Kier molecular flexibility index (Phi) is 6.99. The molecule has 0 fully saturated rings. The van der Waals surface area contributed by atoms with Crippen LogP contribution < -0.4 is 10.1 Å². The molecule has 1 aromatic rings. The molecule has 1 rings (SSSR count). The maximum absolute atomic E-state index is 12.3. The molecule has 118 valence electrons. The van der Waals surface area contributed by atoms with Gasteiger partial charge >= 0.3 is 0 Å². The normalized spacial score (nSPS) is 13.6. The first kappa shape index (κ1) is 17.8. The van der Waals surface area contributed by atoms with Gasteiger partial charge in [0.05, 0.1) is 11.6 Å². The molecule has 0 spiro atoms. The zero-order valence-corrected chi connectivity index (χ0v) is 13.9. The molecule has 0 aliphatic carbocycles. The highest BCUT2D eigenvalue weighted by atomic mass is 35.5. The first-order valence-electron chi connectivity index (χ1n) is 7.34. The predicted molar refractivity (Wildman–Crippen MR) is 86.2 cm³/mol. The molecule has 0 saturated heterocycles. The molecule has 4 nitrogen and oxygen atoms in total. The van der Waals surface area contributed by atoms with E-state index < -0.39 is 5.60 Å². The van der Waals surface area contributed by atoms with E-state index in [4.69, 9.17) is 21.1 Å². The summed E-state index contributed by atoms with van der Waals surface area (Å²) in [5.41, 5.74) is -0.202. The van der Waals surface area contributed by atoms with Crippen LogP contribution in [-0.2, 0) is 9.53 Å². The van der Waals surface area contributed by atoms with Crippen LogP contribution in [0.2, 0.25) is 5.02 Å². The third kappa shape index (κ3) is 4.90. The topological polar surface area (TPSA) is 47.6 Å². The summed E-state index contributed by atoms with van der Waals surface area (Å²) in [5.74, 6) is 0.449. The number of halogens is 1. The minimum Gasteiger partial charge on any atom is -0.492 e. The van der Waals surface area contributed by atoms with Crippen LogP contribution in [0.5, 0.6) is 5.75 Å². The largest absolute Gasteiger partial charge is 0.492 e. The summed E-state index contributed by atoms with van der Waals surface area (Å²) in [6, 6.07) is 5.22. The van der Waals surface area contributed by atoms with Gasteiger partial charge in [-0.25, -0.2) is 0 Å². The number of hydrogen-bond acceptors (Lipinski definition) is 3. The third-order valence-electron chi connectivity index (χ3n) is 3.27. The summed E-state index contributed by atoms with van der Waals surface area (Å²) < 4.78 is 11.1. The second-order valence-electron chi connectivity index (χ2n) is 4.97. The molecule has 0 radical (unpaired) electrons. The summed E-state index contributed by atoms with van der Waals surface area (Å²) in [4.78, 5) is 12.3. The maximum atomic E-state index is 12.3. The van der Waals surface area contributed by atoms with E-state index in [1.54, 1.807) is 25.1 Å². The molecular weight excluding hydrogens is 290 g/mol. The van der Waals surface area contributed by atoms with Crippen LogP contribution in [0.25, 0.3) is 0 Å². The maximum Gasteiger partial charge on any atom is 0.256 e. The Morgan fingerprint density at radius 1 is 1.33 bits per heavy atom. The van der Waals surface area contributed by atoms with Crippen LogP contribution in [-0.4, -0.2) is 24.7 Å². The molecule has 1 amide bonds. The van der Waals surface area contributed by atoms with Crippen molar-refractivity contribution in [2.24, 2.45) is 0 Å². The number of carbonyl (C=O) groups is 1. The number of nitrogens with one attached hydrogen (secondary N) is 1. The van der Waals surface area contributed by atoms with Crippen molar-refractivity contribution >= 4 is 23.2 Å². The minimum atomic E-state index is -0.835. The van der Waals surface area contributed by atoms with E-state index in [9.17, 15) is 4.79 Å². The molecule has 5 heteroatoms. The summed E-state index contributed by atoms with van der Waals surface area (Å²) >= 11 is 6.15. The van der Waals surface area contributed by atoms with Gasteiger partial charge in [0, 0.05) is 12.3 Å². The zero-order chi connectivity index (χ0) is 15.9. The highest BCUT2D eigenvalue weighted by Crippen LogP contribution is 2.28. The monoisotopic (exact) mass is 313 g/mol. The standard InChI is InChI=1S/C16H24ClNO3/c1-5-10-20-14-9-8-12(11-13(14)17)18-15(19)16(4,6-2)21-7-3/h8-9,11H,5-7,10H2,1-4H3,(H,18,19)/t16-/m1/s1. The Morgan fingerprint density at radius 3 is 2.57 bits per heavy atom. The molecule has 0 aliphatic heterocycles. The number of hydrogen-bond donors (Lipinski definition) is 1. The van der Waals surface area contributed by atoms with Gasteiger partial charge in [-0.15, -0.1) is 0 Å². The number of rotatable bonds is 8. The molecule has 0 unspecified atom stereocenters. The smallest absolute Gasteiger partial charge is 0.256 e. The Labute approximate surface area is 131 Å². The van der Waals surface area contributed by atoms with Gasteiger partial charge in [-0.3, -0.25) is 4.79 Å². The lowest BCUT2D eigenvalue weighted by Gasteiger charge is -2.26. The van der Waals surface area contributed by atoms with Gasteiger partial charge in [0.25, 0.3) is 5.91 Å². The van der Waals surface area contributed by atoms with Gasteiger partial charge < -0.3 is 14.8 Å². The number of benzene rings is 1. The van der Waals surface area contributed by atoms with Crippen molar-refractivity contribution in [3.8, 4) is 5.75 Å². The van der Waals surface area contributed by atoms with Gasteiger partial charge in [0.15, 0.2) is 0 Å². The SMILES string of the molecule is CCCOc1ccc(NC(=O)[C@@](C)(CC)OCC)cc1Cl. The van der Waals surface area contributed by atoms with Crippen molar-refractivity contribution < 1.29 is 14.3 Å². The van der Waals surface area contributed by atoms with E-state index in [-0.39, 0.29) is 5.91 Å². The molecule has 1 N–H and O–H groups in total. The van der Waals surface area contributed by atoms with Crippen LogP contribution >= 0.6 is 11.6 Å². The molecule has 0 saturated carbocycles. The zero-order valence-electron chi connectivity index (χ0n) is 13.2. The Balaban J connectivity index is 2.79. The van der Waals surface area contributed by atoms with Crippen molar-refractivity contribution in [1.29, 1.82) is 0 Å². The third-order valence-corrected chi connectivity index (χ3v) is 3.56. The van der Waals surface area contributed by atoms with Crippen molar-refractivity contribution in [1.82, 2.24) is 0 Å². The molecule has 0 aromatic heterocycles. The lowest BCUT2D eigenvalue weighted by Crippen LogP contribution is -2.42. The van der Waals surface area contributed by atoms with E-state index >= 15 is 0 Å². The molecular formula is C16H24ClNO3. The Hall–Kier alpha value is -1.26. The molecule has 21 heavy (non-hydrogen) atoms.